The number of ether oxygens (including phenoxy) is 1. The van der Waals surface area contributed by atoms with Crippen LogP contribution in [-0.2, 0) is 4.74 Å². The fourth-order valence-corrected chi connectivity index (χ4v) is 0.488. The minimum Gasteiger partial charge on any atom is -0.356 e. The third-order valence-corrected chi connectivity index (χ3v) is 1.47. The van der Waals surface area contributed by atoms with E-state index in [9.17, 15) is 0 Å². The molecule has 0 aromatic carbocycles. The molecule has 2 nitrogen and oxygen atoms in total. The summed E-state index contributed by atoms with van der Waals surface area (Å²) in [5.74, 6) is 0. The van der Waals surface area contributed by atoms with Gasteiger partial charge in [0.05, 0.1) is 6.10 Å². The number of hydrogen-bond acceptors (Lipinski definition) is 2. The maximum Gasteiger partial charge on any atom is 0.108 e. The molecule has 0 fully saturated rings. The van der Waals surface area contributed by atoms with Gasteiger partial charge in [0.2, 0.25) is 0 Å². The maximum atomic E-state index is 5.47. The van der Waals surface area contributed by atoms with Gasteiger partial charge in [0.25, 0.3) is 0 Å². The van der Waals surface area contributed by atoms with Crippen LogP contribution >= 0.6 is 0 Å². The molecule has 0 rings (SSSR count). The van der Waals surface area contributed by atoms with Gasteiger partial charge in [0, 0.05) is 0 Å². The van der Waals surface area contributed by atoms with Crippen molar-refractivity contribution in [1.29, 1.82) is 0 Å². The molecule has 0 aliphatic rings. The Bertz CT molecular complexity index is 101. The van der Waals surface area contributed by atoms with Crippen LogP contribution < -0.4 is 0 Å². The molecule has 0 radical (unpaired) electrons. The lowest BCUT2D eigenvalue weighted by molar-refractivity contribution is -0.0452. The monoisotopic (exact) mass is 143 g/mol. The van der Waals surface area contributed by atoms with Crippen molar-refractivity contribution < 1.29 is 4.74 Å². The van der Waals surface area contributed by atoms with E-state index in [4.69, 9.17) is 4.74 Å². The molecule has 60 valence electrons. The van der Waals surface area contributed by atoms with E-state index in [2.05, 4.69) is 6.58 Å². The third kappa shape index (κ3) is 3.64. The number of nitrogens with zero attached hydrogens (tertiary/aromatic N) is 1. The van der Waals surface area contributed by atoms with Crippen LogP contribution in [0.5, 0.6) is 0 Å². The van der Waals surface area contributed by atoms with Gasteiger partial charge in [-0.05, 0) is 27.9 Å². The number of hydrogen-bond donors (Lipinski definition) is 0. The van der Waals surface area contributed by atoms with E-state index in [1.54, 1.807) is 6.08 Å². The van der Waals surface area contributed by atoms with Gasteiger partial charge in [0.15, 0.2) is 0 Å². The van der Waals surface area contributed by atoms with Crippen molar-refractivity contribution >= 4 is 0 Å². The molecule has 2 heteroatoms. The van der Waals surface area contributed by atoms with Crippen molar-refractivity contribution in [2.45, 2.75) is 26.2 Å². The Morgan fingerprint density at radius 3 is 2.20 bits per heavy atom. The quantitative estimate of drug-likeness (QED) is 0.436. The summed E-state index contributed by atoms with van der Waals surface area (Å²) >= 11 is 0. The number of rotatable bonds is 4. The van der Waals surface area contributed by atoms with Crippen LogP contribution in [0.15, 0.2) is 12.7 Å². The summed E-state index contributed by atoms with van der Waals surface area (Å²) in [5.41, 5.74) is 0. The van der Waals surface area contributed by atoms with E-state index in [1.807, 2.05) is 32.8 Å². The second-order valence-electron chi connectivity index (χ2n) is 2.64. The summed E-state index contributed by atoms with van der Waals surface area (Å²) in [6.07, 6.45) is 2.09. The van der Waals surface area contributed by atoms with Crippen LogP contribution in [0.3, 0.4) is 0 Å². The van der Waals surface area contributed by atoms with Gasteiger partial charge >= 0.3 is 0 Å². The van der Waals surface area contributed by atoms with Crippen molar-refractivity contribution in [2.24, 2.45) is 0 Å². The van der Waals surface area contributed by atoms with Crippen molar-refractivity contribution in [1.82, 2.24) is 4.90 Å². The molecule has 0 aromatic heterocycles. The SMILES string of the molecule is C=CC(C)OC(C)N(C)C. The average molecular weight is 143 g/mol. The zero-order chi connectivity index (χ0) is 8.15. The lowest BCUT2D eigenvalue weighted by Crippen LogP contribution is -2.30. The van der Waals surface area contributed by atoms with Crippen molar-refractivity contribution in [3.63, 3.8) is 0 Å². The van der Waals surface area contributed by atoms with Gasteiger partial charge in [-0.15, -0.1) is 6.58 Å². The molecular formula is C8H17NO. The second kappa shape index (κ2) is 4.47. The van der Waals surface area contributed by atoms with Crippen molar-refractivity contribution in [3.05, 3.63) is 12.7 Å². The van der Waals surface area contributed by atoms with Gasteiger partial charge in [-0.1, -0.05) is 6.08 Å². The van der Waals surface area contributed by atoms with Crippen LogP contribution in [0.4, 0.5) is 0 Å². The highest BCUT2D eigenvalue weighted by molar-refractivity contribution is 4.75. The fourth-order valence-electron chi connectivity index (χ4n) is 0.488. The Morgan fingerprint density at radius 2 is 1.90 bits per heavy atom. The van der Waals surface area contributed by atoms with E-state index in [-0.39, 0.29) is 12.3 Å². The minimum absolute atomic E-state index is 0.136. The molecule has 0 amide bonds. The average Bonchev–Trinajstić information content (AvgIpc) is 1.87. The molecule has 10 heavy (non-hydrogen) atoms. The molecule has 2 atom stereocenters. The molecule has 0 saturated carbocycles. The first kappa shape index (κ1) is 9.66. The van der Waals surface area contributed by atoms with Crippen LogP contribution in [-0.4, -0.2) is 31.3 Å². The Balaban J connectivity index is 3.56. The molecule has 0 aliphatic carbocycles. The molecule has 0 saturated heterocycles. The predicted molar refractivity (Wildman–Crippen MR) is 43.9 cm³/mol. The summed E-state index contributed by atoms with van der Waals surface area (Å²) in [4.78, 5) is 2.01. The Hall–Kier alpha value is -0.340. The molecule has 0 N–H and O–H groups in total. The minimum atomic E-state index is 0.136. The molecule has 0 heterocycles. The van der Waals surface area contributed by atoms with Gasteiger partial charge < -0.3 is 4.74 Å². The molecule has 0 bridgehead atoms. The van der Waals surface area contributed by atoms with Crippen LogP contribution in [0.1, 0.15) is 13.8 Å². The highest BCUT2D eigenvalue weighted by Gasteiger charge is 2.06. The zero-order valence-corrected chi connectivity index (χ0v) is 7.29. The lowest BCUT2D eigenvalue weighted by Gasteiger charge is -2.22. The predicted octanol–water partition coefficient (Wildman–Crippen LogP) is 1.49. The van der Waals surface area contributed by atoms with Crippen LogP contribution in [0.25, 0.3) is 0 Å². The van der Waals surface area contributed by atoms with Crippen LogP contribution in [0, 0.1) is 0 Å². The van der Waals surface area contributed by atoms with E-state index in [0.29, 0.717) is 0 Å². The lowest BCUT2D eigenvalue weighted by atomic mass is 10.4. The summed E-state index contributed by atoms with van der Waals surface area (Å²) < 4.78 is 5.47. The standard InChI is InChI=1S/C8H17NO/c1-6-7(2)10-8(3)9(4)5/h6-8H,1H2,2-5H3. The Labute approximate surface area is 63.5 Å². The Morgan fingerprint density at radius 1 is 1.40 bits per heavy atom. The summed E-state index contributed by atoms with van der Waals surface area (Å²) in [5, 5.41) is 0. The van der Waals surface area contributed by atoms with Gasteiger partial charge in [-0.25, -0.2) is 0 Å². The first-order valence-electron chi connectivity index (χ1n) is 3.52. The van der Waals surface area contributed by atoms with E-state index in [0.717, 1.165) is 0 Å². The normalized spacial score (nSPS) is 16.9. The van der Waals surface area contributed by atoms with E-state index >= 15 is 0 Å². The maximum absolute atomic E-state index is 5.47. The fraction of sp³-hybridized carbons (Fsp3) is 0.750. The summed E-state index contributed by atoms with van der Waals surface area (Å²) in [6, 6.07) is 0. The van der Waals surface area contributed by atoms with Gasteiger partial charge in [-0.3, -0.25) is 4.90 Å². The highest BCUT2D eigenvalue weighted by atomic mass is 16.5. The zero-order valence-electron chi connectivity index (χ0n) is 7.29. The summed E-state index contributed by atoms with van der Waals surface area (Å²) in [7, 11) is 3.97. The largest absolute Gasteiger partial charge is 0.356 e. The second-order valence-corrected chi connectivity index (χ2v) is 2.64. The first-order valence-corrected chi connectivity index (χ1v) is 3.52. The molecule has 0 aromatic rings. The van der Waals surface area contributed by atoms with Crippen molar-refractivity contribution in [2.75, 3.05) is 14.1 Å². The topological polar surface area (TPSA) is 12.5 Å². The Kier molecular flexibility index (Phi) is 4.32. The van der Waals surface area contributed by atoms with Crippen molar-refractivity contribution in [3.8, 4) is 0 Å². The van der Waals surface area contributed by atoms with Gasteiger partial charge in [0.1, 0.15) is 6.23 Å². The van der Waals surface area contributed by atoms with Crippen LogP contribution in [0.2, 0.25) is 0 Å². The van der Waals surface area contributed by atoms with E-state index in [1.165, 1.54) is 0 Å². The highest BCUT2D eigenvalue weighted by Crippen LogP contribution is 1.99. The molecular weight excluding hydrogens is 126 g/mol. The smallest absolute Gasteiger partial charge is 0.108 e. The van der Waals surface area contributed by atoms with Gasteiger partial charge in [-0.2, -0.15) is 0 Å². The third-order valence-electron chi connectivity index (χ3n) is 1.47. The summed E-state index contributed by atoms with van der Waals surface area (Å²) in [6.45, 7) is 7.62. The van der Waals surface area contributed by atoms with E-state index < -0.39 is 0 Å². The first-order chi connectivity index (χ1) is 4.57. The molecule has 0 aliphatic heterocycles. The molecule has 2 unspecified atom stereocenters. The molecule has 0 spiro atoms.